The topological polar surface area (TPSA) is 21.3 Å². The van der Waals surface area contributed by atoms with E-state index in [1.165, 1.54) is 6.07 Å². The Labute approximate surface area is 93.4 Å². The highest BCUT2D eigenvalue weighted by molar-refractivity contribution is 6.30. The minimum absolute atomic E-state index is 0.217. The summed E-state index contributed by atoms with van der Waals surface area (Å²) >= 11 is 5.79. The van der Waals surface area contributed by atoms with Crippen molar-refractivity contribution in [1.29, 1.82) is 0 Å². The van der Waals surface area contributed by atoms with Crippen LogP contribution in [0.5, 0.6) is 0 Å². The summed E-state index contributed by atoms with van der Waals surface area (Å²) in [5, 5.41) is 3.81. The molecule has 82 valence electrons. The minimum Gasteiger partial charge on any atom is -0.380 e. The van der Waals surface area contributed by atoms with Crippen LogP contribution < -0.4 is 5.32 Å². The van der Waals surface area contributed by atoms with Crippen LogP contribution in [-0.2, 0) is 11.3 Å². The van der Waals surface area contributed by atoms with Gasteiger partial charge in [0, 0.05) is 29.8 Å². The SMILES string of the molecule is Fc1ccc(Cl)cc1CNC1CCOC1. The van der Waals surface area contributed by atoms with Gasteiger partial charge in [-0.1, -0.05) is 11.6 Å². The Hall–Kier alpha value is -0.640. The molecule has 1 unspecified atom stereocenters. The Morgan fingerprint density at radius 1 is 1.53 bits per heavy atom. The Morgan fingerprint density at radius 3 is 3.13 bits per heavy atom. The molecule has 1 fully saturated rings. The lowest BCUT2D eigenvalue weighted by atomic mass is 10.2. The van der Waals surface area contributed by atoms with E-state index < -0.39 is 0 Å². The smallest absolute Gasteiger partial charge is 0.127 e. The number of ether oxygens (including phenoxy) is 1. The fourth-order valence-corrected chi connectivity index (χ4v) is 1.82. The molecule has 0 saturated carbocycles. The first kappa shape index (κ1) is 10.9. The summed E-state index contributed by atoms with van der Waals surface area (Å²) < 4.78 is 18.5. The van der Waals surface area contributed by atoms with Gasteiger partial charge >= 0.3 is 0 Å². The van der Waals surface area contributed by atoms with Crippen LogP contribution in [0.3, 0.4) is 0 Å². The lowest BCUT2D eigenvalue weighted by Gasteiger charge is -2.11. The number of hydrogen-bond acceptors (Lipinski definition) is 2. The van der Waals surface area contributed by atoms with Gasteiger partial charge in [0.25, 0.3) is 0 Å². The number of halogens is 2. The van der Waals surface area contributed by atoms with Crippen molar-refractivity contribution in [1.82, 2.24) is 5.32 Å². The number of rotatable bonds is 3. The van der Waals surface area contributed by atoms with Gasteiger partial charge in [-0.15, -0.1) is 0 Å². The standard InChI is InChI=1S/C11H13ClFNO/c12-9-1-2-11(13)8(5-9)6-14-10-3-4-15-7-10/h1-2,5,10,14H,3-4,6-7H2. The molecule has 1 aromatic rings. The highest BCUT2D eigenvalue weighted by atomic mass is 35.5. The Balaban J connectivity index is 1.94. The molecule has 0 aromatic heterocycles. The van der Waals surface area contributed by atoms with Gasteiger partial charge in [0.05, 0.1) is 6.61 Å². The molecule has 0 spiro atoms. The van der Waals surface area contributed by atoms with Gasteiger partial charge in [0.1, 0.15) is 5.82 Å². The maximum absolute atomic E-state index is 13.3. The second-order valence-corrected chi connectivity index (χ2v) is 4.11. The fourth-order valence-electron chi connectivity index (χ4n) is 1.63. The first-order valence-corrected chi connectivity index (χ1v) is 5.38. The van der Waals surface area contributed by atoms with E-state index in [-0.39, 0.29) is 5.82 Å². The van der Waals surface area contributed by atoms with Crippen LogP contribution >= 0.6 is 11.6 Å². The summed E-state index contributed by atoms with van der Waals surface area (Å²) in [6.45, 7) is 2.00. The molecule has 0 aliphatic carbocycles. The summed E-state index contributed by atoms with van der Waals surface area (Å²) in [5.74, 6) is -0.217. The van der Waals surface area contributed by atoms with Gasteiger partial charge in [0.2, 0.25) is 0 Å². The Morgan fingerprint density at radius 2 is 2.40 bits per heavy atom. The largest absolute Gasteiger partial charge is 0.380 e. The summed E-state index contributed by atoms with van der Waals surface area (Å²) in [6, 6.07) is 4.94. The van der Waals surface area contributed by atoms with Crippen molar-refractivity contribution < 1.29 is 9.13 Å². The van der Waals surface area contributed by atoms with Crippen molar-refractivity contribution in [3.8, 4) is 0 Å². The molecule has 1 N–H and O–H groups in total. The van der Waals surface area contributed by atoms with Crippen LogP contribution in [0.25, 0.3) is 0 Å². The summed E-state index contributed by atoms with van der Waals surface area (Å²) in [7, 11) is 0. The van der Waals surface area contributed by atoms with Gasteiger partial charge in [-0.05, 0) is 24.6 Å². The van der Waals surface area contributed by atoms with Crippen molar-refractivity contribution in [2.24, 2.45) is 0 Å². The zero-order valence-electron chi connectivity index (χ0n) is 8.30. The molecule has 15 heavy (non-hydrogen) atoms. The Bertz CT molecular complexity index is 339. The molecular formula is C11H13ClFNO. The monoisotopic (exact) mass is 229 g/mol. The molecule has 1 saturated heterocycles. The lowest BCUT2D eigenvalue weighted by Crippen LogP contribution is -2.28. The number of benzene rings is 1. The van der Waals surface area contributed by atoms with Crippen LogP contribution in [0.15, 0.2) is 18.2 Å². The maximum atomic E-state index is 13.3. The molecule has 0 bridgehead atoms. The molecule has 1 aliphatic rings. The van der Waals surface area contributed by atoms with E-state index in [2.05, 4.69) is 5.32 Å². The highest BCUT2D eigenvalue weighted by Gasteiger charge is 2.15. The summed E-state index contributed by atoms with van der Waals surface area (Å²) in [6.07, 6.45) is 0.988. The zero-order valence-corrected chi connectivity index (χ0v) is 9.06. The molecule has 1 atom stereocenters. The van der Waals surface area contributed by atoms with Gasteiger partial charge in [0.15, 0.2) is 0 Å². The second kappa shape index (κ2) is 4.92. The normalized spacial score (nSPS) is 20.8. The molecular weight excluding hydrogens is 217 g/mol. The van der Waals surface area contributed by atoms with E-state index in [0.717, 1.165) is 13.0 Å². The second-order valence-electron chi connectivity index (χ2n) is 3.68. The number of nitrogens with one attached hydrogen (secondary N) is 1. The van der Waals surface area contributed by atoms with E-state index in [1.54, 1.807) is 12.1 Å². The van der Waals surface area contributed by atoms with Crippen LogP contribution in [0, 0.1) is 5.82 Å². The summed E-state index contributed by atoms with van der Waals surface area (Å²) in [5.41, 5.74) is 0.606. The lowest BCUT2D eigenvalue weighted by molar-refractivity contribution is 0.189. The third-order valence-corrected chi connectivity index (χ3v) is 2.75. The van der Waals surface area contributed by atoms with E-state index in [0.29, 0.717) is 29.8 Å². The number of hydrogen-bond donors (Lipinski definition) is 1. The van der Waals surface area contributed by atoms with Gasteiger partial charge in [-0.25, -0.2) is 4.39 Å². The van der Waals surface area contributed by atoms with E-state index in [4.69, 9.17) is 16.3 Å². The predicted molar refractivity (Wildman–Crippen MR) is 57.5 cm³/mol. The van der Waals surface area contributed by atoms with Crippen molar-refractivity contribution in [3.63, 3.8) is 0 Å². The first-order chi connectivity index (χ1) is 7.25. The maximum Gasteiger partial charge on any atom is 0.127 e. The van der Waals surface area contributed by atoms with E-state index in [9.17, 15) is 4.39 Å². The summed E-state index contributed by atoms with van der Waals surface area (Å²) in [4.78, 5) is 0. The molecule has 1 aromatic carbocycles. The van der Waals surface area contributed by atoms with Gasteiger partial charge in [-0.2, -0.15) is 0 Å². The highest BCUT2D eigenvalue weighted by Crippen LogP contribution is 2.15. The van der Waals surface area contributed by atoms with Crippen molar-refractivity contribution >= 4 is 11.6 Å². The first-order valence-electron chi connectivity index (χ1n) is 5.01. The molecule has 0 radical (unpaired) electrons. The van der Waals surface area contributed by atoms with Crippen molar-refractivity contribution in [2.75, 3.05) is 13.2 Å². The average molecular weight is 230 g/mol. The van der Waals surface area contributed by atoms with Gasteiger partial charge < -0.3 is 10.1 Å². The predicted octanol–water partition coefficient (Wildman–Crippen LogP) is 2.36. The quantitative estimate of drug-likeness (QED) is 0.859. The molecule has 0 amide bonds. The van der Waals surface area contributed by atoms with Crippen LogP contribution in [0.1, 0.15) is 12.0 Å². The Kier molecular flexibility index (Phi) is 3.57. The third-order valence-electron chi connectivity index (χ3n) is 2.52. The average Bonchev–Trinajstić information content (AvgIpc) is 2.72. The van der Waals surface area contributed by atoms with Gasteiger partial charge in [-0.3, -0.25) is 0 Å². The van der Waals surface area contributed by atoms with Crippen LogP contribution in [0.4, 0.5) is 4.39 Å². The zero-order chi connectivity index (χ0) is 10.7. The van der Waals surface area contributed by atoms with Crippen LogP contribution in [-0.4, -0.2) is 19.3 Å². The third kappa shape index (κ3) is 2.91. The minimum atomic E-state index is -0.217. The molecule has 2 nitrogen and oxygen atoms in total. The van der Waals surface area contributed by atoms with E-state index in [1.807, 2.05) is 0 Å². The molecule has 2 rings (SSSR count). The molecule has 1 aliphatic heterocycles. The molecule has 1 heterocycles. The van der Waals surface area contributed by atoms with E-state index >= 15 is 0 Å². The van der Waals surface area contributed by atoms with Crippen molar-refractivity contribution in [3.05, 3.63) is 34.6 Å². The van der Waals surface area contributed by atoms with Crippen molar-refractivity contribution in [2.45, 2.75) is 19.0 Å². The molecule has 4 heteroatoms. The fraction of sp³-hybridized carbons (Fsp3) is 0.455. The van der Waals surface area contributed by atoms with Crippen LogP contribution in [0.2, 0.25) is 5.02 Å².